The van der Waals surface area contributed by atoms with Crippen LogP contribution in [0.3, 0.4) is 0 Å². The number of carbonyl (C=O) groups is 1. The van der Waals surface area contributed by atoms with E-state index in [1.807, 2.05) is 6.08 Å². The summed E-state index contributed by atoms with van der Waals surface area (Å²) in [6, 6.07) is 10.7. The number of nitrogens with zero attached hydrogens (tertiary/aromatic N) is 1. The Labute approximate surface area is 174 Å². The smallest absolute Gasteiger partial charge is 0.162 e. The van der Waals surface area contributed by atoms with Crippen LogP contribution in [0.1, 0.15) is 44.6 Å². The summed E-state index contributed by atoms with van der Waals surface area (Å²) in [5.74, 6) is 2.71. The summed E-state index contributed by atoms with van der Waals surface area (Å²) >= 11 is 0. The molecule has 4 heteroatoms. The maximum Gasteiger partial charge on any atom is 0.162 e. The summed E-state index contributed by atoms with van der Waals surface area (Å²) in [6.45, 7) is 5.50. The van der Waals surface area contributed by atoms with E-state index < -0.39 is 0 Å². The number of hydrogen-bond donors (Lipinski definition) is 0. The molecule has 0 radical (unpaired) electrons. The van der Waals surface area contributed by atoms with Crippen LogP contribution in [-0.2, 0) is 20.8 Å². The zero-order valence-corrected chi connectivity index (χ0v) is 17.9. The van der Waals surface area contributed by atoms with Crippen LogP contribution in [0.2, 0.25) is 0 Å². The van der Waals surface area contributed by atoms with E-state index in [-0.39, 0.29) is 11.3 Å². The van der Waals surface area contributed by atoms with E-state index in [0.717, 1.165) is 50.2 Å². The van der Waals surface area contributed by atoms with Gasteiger partial charge in [0, 0.05) is 29.9 Å². The second-order valence-electron chi connectivity index (χ2n) is 9.20. The molecule has 0 spiro atoms. The molecular weight excluding hydrogens is 362 g/mol. The Hall–Kier alpha value is -2.07. The third-order valence-electron chi connectivity index (χ3n) is 7.12. The Morgan fingerprint density at radius 2 is 1.83 bits per heavy atom. The number of likely N-dealkylation sites (tertiary alicyclic amines) is 1. The van der Waals surface area contributed by atoms with E-state index in [9.17, 15) is 4.79 Å². The number of allylic oxidation sites excluding steroid dienone is 3. The van der Waals surface area contributed by atoms with Crippen molar-refractivity contribution in [2.45, 2.75) is 45.6 Å². The van der Waals surface area contributed by atoms with Crippen LogP contribution in [0, 0.1) is 17.3 Å². The fourth-order valence-electron chi connectivity index (χ4n) is 5.49. The number of ketones is 1. The SMILES string of the molecule is COC1=C(OC)CC2(C)CC(CC3CCN(Cc4ccccc4)CC3)C(=O)C2=C1. The van der Waals surface area contributed by atoms with Gasteiger partial charge in [0.2, 0.25) is 0 Å². The van der Waals surface area contributed by atoms with Gasteiger partial charge in [-0.15, -0.1) is 0 Å². The van der Waals surface area contributed by atoms with Gasteiger partial charge in [0.1, 0.15) is 5.76 Å². The minimum atomic E-state index is -0.108. The van der Waals surface area contributed by atoms with Crippen LogP contribution < -0.4 is 0 Å². The Morgan fingerprint density at radius 1 is 1.10 bits per heavy atom. The molecule has 0 amide bonds. The topological polar surface area (TPSA) is 38.8 Å². The van der Waals surface area contributed by atoms with Crippen LogP contribution >= 0.6 is 0 Å². The average Bonchev–Trinajstić information content (AvgIpc) is 2.98. The van der Waals surface area contributed by atoms with Crippen LogP contribution in [0.4, 0.5) is 0 Å². The van der Waals surface area contributed by atoms with E-state index >= 15 is 0 Å². The Bertz CT molecular complexity index is 805. The van der Waals surface area contributed by atoms with Crippen molar-refractivity contribution in [3.05, 3.63) is 59.1 Å². The highest BCUT2D eigenvalue weighted by Crippen LogP contribution is 2.52. The number of methoxy groups -OCH3 is 2. The molecule has 1 aromatic carbocycles. The Balaban J connectivity index is 1.34. The van der Waals surface area contributed by atoms with Gasteiger partial charge in [-0.05, 0) is 56.3 Å². The second kappa shape index (κ2) is 8.35. The van der Waals surface area contributed by atoms with Crippen molar-refractivity contribution in [3.8, 4) is 0 Å². The van der Waals surface area contributed by atoms with Gasteiger partial charge >= 0.3 is 0 Å². The maximum atomic E-state index is 13.2. The van der Waals surface area contributed by atoms with Crippen molar-refractivity contribution in [2.75, 3.05) is 27.3 Å². The maximum absolute atomic E-state index is 13.2. The van der Waals surface area contributed by atoms with E-state index in [1.165, 1.54) is 18.4 Å². The molecule has 1 aromatic rings. The van der Waals surface area contributed by atoms with Crippen molar-refractivity contribution in [1.82, 2.24) is 4.90 Å². The molecule has 1 aliphatic heterocycles. The van der Waals surface area contributed by atoms with Crippen molar-refractivity contribution in [2.24, 2.45) is 17.3 Å². The first-order valence-corrected chi connectivity index (χ1v) is 10.9. The van der Waals surface area contributed by atoms with Crippen LogP contribution in [-0.4, -0.2) is 38.0 Å². The first-order chi connectivity index (χ1) is 14.0. The van der Waals surface area contributed by atoms with Crippen LogP contribution in [0.25, 0.3) is 0 Å². The molecule has 29 heavy (non-hydrogen) atoms. The van der Waals surface area contributed by atoms with Gasteiger partial charge in [-0.1, -0.05) is 37.3 Å². The molecule has 2 atom stereocenters. The average molecular weight is 396 g/mol. The quantitative estimate of drug-likeness (QED) is 0.699. The number of ether oxygens (including phenoxy) is 2. The largest absolute Gasteiger partial charge is 0.497 e. The minimum Gasteiger partial charge on any atom is -0.497 e. The molecule has 3 aliphatic rings. The first-order valence-electron chi connectivity index (χ1n) is 10.9. The number of piperidine rings is 1. The lowest BCUT2D eigenvalue weighted by Crippen LogP contribution is -2.34. The molecule has 4 rings (SSSR count). The molecule has 1 saturated carbocycles. The normalized spacial score (nSPS) is 28.3. The van der Waals surface area contributed by atoms with E-state index in [4.69, 9.17) is 9.47 Å². The van der Waals surface area contributed by atoms with Crippen LogP contribution in [0.5, 0.6) is 0 Å². The van der Waals surface area contributed by atoms with Crippen molar-refractivity contribution in [3.63, 3.8) is 0 Å². The van der Waals surface area contributed by atoms with Gasteiger partial charge < -0.3 is 9.47 Å². The van der Waals surface area contributed by atoms with Crippen LogP contribution in [0.15, 0.2) is 53.5 Å². The van der Waals surface area contributed by atoms with Crippen molar-refractivity contribution in [1.29, 1.82) is 0 Å². The molecule has 2 aliphatic carbocycles. The predicted octanol–water partition coefficient (Wildman–Crippen LogP) is 4.72. The summed E-state index contributed by atoms with van der Waals surface area (Å²) in [6.07, 6.45) is 7.04. The summed E-state index contributed by atoms with van der Waals surface area (Å²) < 4.78 is 11.0. The third kappa shape index (κ3) is 4.13. The first kappa shape index (κ1) is 20.2. The second-order valence-corrected chi connectivity index (χ2v) is 9.20. The molecular formula is C25H33NO3. The fourth-order valence-corrected chi connectivity index (χ4v) is 5.49. The fraction of sp³-hybridized carbons (Fsp3) is 0.560. The molecule has 1 heterocycles. The molecule has 1 saturated heterocycles. The van der Waals surface area contributed by atoms with Crippen molar-refractivity contribution < 1.29 is 14.3 Å². The van der Waals surface area contributed by atoms with Gasteiger partial charge in [0.25, 0.3) is 0 Å². The number of rotatable bonds is 6. The number of Topliss-reactive ketones (excluding diaryl/α,β-unsaturated/α-hetero) is 1. The number of hydrogen-bond acceptors (Lipinski definition) is 4. The standard InChI is InChI=1S/C25H33NO3/c1-25-15-20(24(27)21(25)14-22(28-2)23(16-25)29-3)13-18-9-11-26(12-10-18)17-19-7-5-4-6-8-19/h4-8,14,18,20H,9-13,15-17H2,1-3H3. The summed E-state index contributed by atoms with van der Waals surface area (Å²) in [5.41, 5.74) is 2.22. The van der Waals surface area contributed by atoms with E-state index in [2.05, 4.69) is 42.2 Å². The van der Waals surface area contributed by atoms with Gasteiger partial charge in [-0.3, -0.25) is 9.69 Å². The Morgan fingerprint density at radius 3 is 2.48 bits per heavy atom. The van der Waals surface area contributed by atoms with Gasteiger partial charge in [0.05, 0.1) is 14.2 Å². The molecule has 0 bridgehead atoms. The highest BCUT2D eigenvalue weighted by molar-refractivity contribution is 6.01. The summed E-state index contributed by atoms with van der Waals surface area (Å²) in [5, 5.41) is 0. The van der Waals surface area contributed by atoms with Gasteiger partial charge in [-0.2, -0.15) is 0 Å². The lowest BCUT2D eigenvalue weighted by molar-refractivity contribution is -0.118. The summed E-state index contributed by atoms with van der Waals surface area (Å²) in [4.78, 5) is 15.7. The summed E-state index contributed by atoms with van der Waals surface area (Å²) in [7, 11) is 3.34. The van der Waals surface area contributed by atoms with Gasteiger partial charge in [0.15, 0.2) is 11.5 Å². The molecule has 2 unspecified atom stereocenters. The van der Waals surface area contributed by atoms with E-state index in [0.29, 0.717) is 17.5 Å². The molecule has 0 N–H and O–H groups in total. The van der Waals surface area contributed by atoms with Crippen molar-refractivity contribution >= 4 is 5.78 Å². The number of benzene rings is 1. The highest BCUT2D eigenvalue weighted by Gasteiger charge is 2.49. The zero-order chi connectivity index (χ0) is 20.4. The van der Waals surface area contributed by atoms with Gasteiger partial charge in [-0.25, -0.2) is 0 Å². The Kier molecular flexibility index (Phi) is 5.82. The number of fused-ring (bicyclic) bond motifs is 1. The molecule has 4 nitrogen and oxygen atoms in total. The lowest BCUT2D eigenvalue weighted by Gasteiger charge is -2.33. The zero-order valence-electron chi connectivity index (χ0n) is 17.9. The third-order valence-corrected chi connectivity index (χ3v) is 7.12. The minimum absolute atomic E-state index is 0.108. The molecule has 156 valence electrons. The van der Waals surface area contributed by atoms with E-state index in [1.54, 1.807) is 14.2 Å². The highest BCUT2D eigenvalue weighted by atomic mass is 16.5. The lowest BCUT2D eigenvalue weighted by atomic mass is 9.76. The molecule has 2 fully saturated rings. The predicted molar refractivity (Wildman–Crippen MR) is 114 cm³/mol. The molecule has 0 aromatic heterocycles. The monoisotopic (exact) mass is 395 g/mol. The number of carbonyl (C=O) groups excluding carboxylic acids is 1.